The number of rotatable bonds is 4. The predicted octanol–water partition coefficient (Wildman–Crippen LogP) is 1.73. The average molecular weight is 244 g/mol. The van der Waals surface area contributed by atoms with E-state index in [4.69, 9.17) is 0 Å². The van der Waals surface area contributed by atoms with Crippen LogP contribution in [0, 0.1) is 0 Å². The molecule has 1 amide bonds. The van der Waals surface area contributed by atoms with E-state index < -0.39 is 0 Å². The van der Waals surface area contributed by atoms with Gasteiger partial charge in [-0.15, -0.1) is 11.8 Å². The van der Waals surface area contributed by atoms with E-state index in [-0.39, 0.29) is 4.75 Å². The smallest absolute Gasteiger partial charge is 0.232 e. The summed E-state index contributed by atoms with van der Waals surface area (Å²) < 4.78 is 0.174. The van der Waals surface area contributed by atoms with Gasteiger partial charge in [0.25, 0.3) is 0 Å². The number of carbonyl (C=O) groups is 1. The van der Waals surface area contributed by atoms with Crippen LogP contribution in [0.1, 0.15) is 33.6 Å². The Labute approximate surface area is 103 Å². The van der Waals surface area contributed by atoms with Crippen LogP contribution in [-0.4, -0.2) is 47.5 Å². The summed E-state index contributed by atoms with van der Waals surface area (Å²) in [5, 5.41) is 3.17. The molecule has 1 rings (SSSR count). The van der Waals surface area contributed by atoms with Crippen LogP contribution in [0.25, 0.3) is 0 Å². The van der Waals surface area contributed by atoms with Gasteiger partial charge in [0.15, 0.2) is 0 Å². The normalized spacial score (nSPS) is 21.5. The number of amides is 1. The van der Waals surface area contributed by atoms with E-state index in [0.29, 0.717) is 17.7 Å². The van der Waals surface area contributed by atoms with Crippen molar-refractivity contribution in [2.75, 3.05) is 25.9 Å². The minimum atomic E-state index is 0.174. The van der Waals surface area contributed by atoms with Gasteiger partial charge in [0, 0.05) is 23.9 Å². The van der Waals surface area contributed by atoms with Crippen molar-refractivity contribution in [3.05, 3.63) is 0 Å². The first-order chi connectivity index (χ1) is 7.44. The average Bonchev–Trinajstić information content (AvgIpc) is 2.62. The molecular weight excluding hydrogens is 220 g/mol. The van der Waals surface area contributed by atoms with Gasteiger partial charge in [0.1, 0.15) is 0 Å². The van der Waals surface area contributed by atoms with Gasteiger partial charge in [0.2, 0.25) is 5.91 Å². The second-order valence-electron chi connectivity index (χ2n) is 5.34. The molecule has 0 aromatic rings. The van der Waals surface area contributed by atoms with Crippen molar-refractivity contribution < 1.29 is 4.79 Å². The third kappa shape index (κ3) is 4.34. The number of likely N-dealkylation sites (tertiary alicyclic amines) is 1. The first-order valence-corrected chi connectivity index (χ1v) is 7.00. The van der Waals surface area contributed by atoms with Crippen LogP contribution >= 0.6 is 11.8 Å². The zero-order valence-corrected chi connectivity index (χ0v) is 11.7. The molecule has 16 heavy (non-hydrogen) atoms. The van der Waals surface area contributed by atoms with Gasteiger partial charge in [-0.3, -0.25) is 4.79 Å². The van der Waals surface area contributed by atoms with Crippen LogP contribution in [0.3, 0.4) is 0 Å². The molecule has 0 bridgehead atoms. The van der Waals surface area contributed by atoms with Gasteiger partial charge in [-0.05, 0) is 19.9 Å². The number of nitrogens with zero attached hydrogens (tertiary/aromatic N) is 1. The van der Waals surface area contributed by atoms with Crippen LogP contribution in [0.5, 0.6) is 0 Å². The fourth-order valence-corrected chi connectivity index (χ4v) is 2.70. The fraction of sp³-hybridized carbons (Fsp3) is 0.917. The Bertz CT molecular complexity index is 238. The molecule has 3 nitrogen and oxygen atoms in total. The highest BCUT2D eigenvalue weighted by Gasteiger charge is 2.28. The summed E-state index contributed by atoms with van der Waals surface area (Å²) in [6.45, 7) is 8.32. The molecule has 0 aliphatic carbocycles. The molecule has 1 aliphatic heterocycles. The van der Waals surface area contributed by atoms with E-state index in [1.165, 1.54) is 0 Å². The fourth-order valence-electron chi connectivity index (χ4n) is 1.97. The lowest BCUT2D eigenvalue weighted by Crippen LogP contribution is -2.42. The quantitative estimate of drug-likeness (QED) is 0.817. The molecule has 94 valence electrons. The lowest BCUT2D eigenvalue weighted by atomic mass is 10.2. The maximum Gasteiger partial charge on any atom is 0.232 e. The number of thioether (sulfide) groups is 1. The summed E-state index contributed by atoms with van der Waals surface area (Å²) in [5.41, 5.74) is 0. The summed E-state index contributed by atoms with van der Waals surface area (Å²) in [6.07, 6.45) is 2.30. The van der Waals surface area contributed by atoms with Crippen LogP contribution in [0.2, 0.25) is 0 Å². The van der Waals surface area contributed by atoms with Gasteiger partial charge in [-0.25, -0.2) is 0 Å². The number of carbonyl (C=O) groups excluding carboxylic acids is 1. The van der Waals surface area contributed by atoms with Crippen LogP contribution in [0.4, 0.5) is 0 Å². The topological polar surface area (TPSA) is 32.3 Å². The zero-order chi connectivity index (χ0) is 12.2. The van der Waals surface area contributed by atoms with E-state index in [1.54, 1.807) is 11.8 Å². The summed E-state index contributed by atoms with van der Waals surface area (Å²) in [5.74, 6) is 0.918. The third-order valence-electron chi connectivity index (χ3n) is 2.77. The van der Waals surface area contributed by atoms with E-state index in [1.807, 2.05) is 7.05 Å². The first kappa shape index (κ1) is 13.8. The minimum Gasteiger partial charge on any atom is -0.338 e. The van der Waals surface area contributed by atoms with E-state index in [9.17, 15) is 4.79 Å². The summed E-state index contributed by atoms with van der Waals surface area (Å²) >= 11 is 1.74. The molecule has 0 saturated carbocycles. The molecule has 0 aromatic heterocycles. The molecule has 1 heterocycles. The molecule has 1 N–H and O–H groups in total. The minimum absolute atomic E-state index is 0.174. The van der Waals surface area contributed by atoms with Crippen molar-refractivity contribution in [2.24, 2.45) is 0 Å². The Hall–Kier alpha value is -0.220. The van der Waals surface area contributed by atoms with Gasteiger partial charge < -0.3 is 10.2 Å². The monoisotopic (exact) mass is 244 g/mol. The van der Waals surface area contributed by atoms with Gasteiger partial charge in [-0.2, -0.15) is 0 Å². The first-order valence-electron chi connectivity index (χ1n) is 6.02. The lowest BCUT2D eigenvalue weighted by molar-refractivity contribution is -0.129. The maximum absolute atomic E-state index is 12.1. The van der Waals surface area contributed by atoms with E-state index >= 15 is 0 Å². The van der Waals surface area contributed by atoms with Gasteiger partial charge in [-0.1, -0.05) is 20.8 Å². The Morgan fingerprint density at radius 3 is 2.75 bits per heavy atom. The Morgan fingerprint density at radius 2 is 2.19 bits per heavy atom. The largest absolute Gasteiger partial charge is 0.338 e. The van der Waals surface area contributed by atoms with Crippen LogP contribution in [-0.2, 0) is 4.79 Å². The second kappa shape index (κ2) is 5.92. The third-order valence-corrected chi connectivity index (χ3v) is 4.02. The molecule has 0 spiro atoms. The van der Waals surface area contributed by atoms with Crippen molar-refractivity contribution in [3.8, 4) is 0 Å². The Balaban J connectivity index is 2.40. The zero-order valence-electron chi connectivity index (χ0n) is 10.9. The standard InChI is InChI=1S/C12H24N2OS/c1-12(2,3)16-9-11(15)14-7-5-6-10(14)8-13-4/h10,13H,5-9H2,1-4H3. The number of hydrogen-bond acceptors (Lipinski definition) is 3. The molecule has 0 aromatic carbocycles. The highest BCUT2D eigenvalue weighted by Crippen LogP contribution is 2.25. The molecule has 1 unspecified atom stereocenters. The predicted molar refractivity (Wildman–Crippen MR) is 70.9 cm³/mol. The number of hydrogen-bond donors (Lipinski definition) is 1. The summed E-state index contributed by atoms with van der Waals surface area (Å²) in [7, 11) is 1.95. The van der Waals surface area contributed by atoms with Crippen molar-refractivity contribution >= 4 is 17.7 Å². The lowest BCUT2D eigenvalue weighted by Gasteiger charge is -2.26. The molecule has 1 fully saturated rings. The SMILES string of the molecule is CNCC1CCCN1C(=O)CSC(C)(C)C. The summed E-state index contributed by atoms with van der Waals surface area (Å²) in [4.78, 5) is 14.1. The molecule has 1 atom stereocenters. The van der Waals surface area contributed by atoms with E-state index in [2.05, 4.69) is 31.0 Å². The molecule has 4 heteroatoms. The summed E-state index contributed by atoms with van der Waals surface area (Å²) in [6, 6.07) is 0.415. The molecular formula is C12H24N2OS. The Kier molecular flexibility index (Phi) is 5.12. The van der Waals surface area contributed by atoms with Crippen molar-refractivity contribution in [1.29, 1.82) is 0 Å². The molecule has 1 aliphatic rings. The van der Waals surface area contributed by atoms with Gasteiger partial charge in [0.05, 0.1) is 5.75 Å². The second-order valence-corrected chi connectivity index (χ2v) is 7.14. The molecule has 1 saturated heterocycles. The number of nitrogens with one attached hydrogen (secondary N) is 1. The van der Waals surface area contributed by atoms with E-state index in [0.717, 1.165) is 25.9 Å². The highest BCUT2D eigenvalue weighted by atomic mass is 32.2. The van der Waals surface area contributed by atoms with Crippen molar-refractivity contribution in [3.63, 3.8) is 0 Å². The highest BCUT2D eigenvalue weighted by molar-refractivity contribution is 8.01. The molecule has 0 radical (unpaired) electrons. The van der Waals surface area contributed by atoms with Crippen molar-refractivity contribution in [2.45, 2.75) is 44.4 Å². The Morgan fingerprint density at radius 1 is 1.50 bits per heavy atom. The van der Waals surface area contributed by atoms with Crippen LogP contribution < -0.4 is 5.32 Å². The van der Waals surface area contributed by atoms with Crippen LogP contribution in [0.15, 0.2) is 0 Å². The number of likely N-dealkylation sites (N-methyl/N-ethyl adjacent to an activating group) is 1. The van der Waals surface area contributed by atoms with Gasteiger partial charge >= 0.3 is 0 Å². The maximum atomic E-state index is 12.1. The van der Waals surface area contributed by atoms with Crippen molar-refractivity contribution in [1.82, 2.24) is 10.2 Å².